The van der Waals surface area contributed by atoms with Crippen LogP contribution in [0.3, 0.4) is 0 Å². The molecule has 0 aromatic heterocycles. The number of anilines is 1. The molecule has 1 heterocycles. The average Bonchev–Trinajstić information content (AvgIpc) is 2.96. The van der Waals surface area contributed by atoms with E-state index in [4.69, 9.17) is 5.84 Å². The Morgan fingerprint density at radius 2 is 2.19 bits per heavy atom. The predicted molar refractivity (Wildman–Crippen MR) is 77.1 cm³/mol. The van der Waals surface area contributed by atoms with Gasteiger partial charge in [-0.25, -0.2) is 0 Å². The summed E-state index contributed by atoms with van der Waals surface area (Å²) in [5, 5.41) is 3.00. The first-order valence-corrected chi connectivity index (χ1v) is 7.55. The van der Waals surface area contributed by atoms with Gasteiger partial charge in [-0.3, -0.25) is 10.6 Å². The molecular weight excluding hydrogens is 303 g/mol. The molecule has 21 heavy (non-hydrogen) atoms. The quantitative estimate of drug-likeness (QED) is 0.589. The SMILES string of the molecule is NNc1c(C(=O)NCC2CCCS2)cccc1C(F)(F)F. The number of amides is 1. The fraction of sp³-hybridized carbons (Fsp3) is 0.462. The number of alkyl halides is 3. The van der Waals surface area contributed by atoms with Crippen LogP contribution in [0.15, 0.2) is 18.2 Å². The Kier molecular flexibility index (Phi) is 5.00. The topological polar surface area (TPSA) is 67.1 Å². The van der Waals surface area contributed by atoms with Crippen molar-refractivity contribution >= 4 is 23.4 Å². The van der Waals surface area contributed by atoms with Crippen molar-refractivity contribution < 1.29 is 18.0 Å². The molecule has 4 N–H and O–H groups in total. The molecular formula is C13H16F3N3OS. The summed E-state index contributed by atoms with van der Waals surface area (Å²) in [4.78, 5) is 12.1. The highest BCUT2D eigenvalue weighted by molar-refractivity contribution is 8.00. The number of carbonyl (C=O) groups excluding carboxylic acids is 1. The second-order valence-electron chi connectivity index (χ2n) is 4.72. The largest absolute Gasteiger partial charge is 0.418 e. The fourth-order valence-electron chi connectivity index (χ4n) is 2.24. The lowest BCUT2D eigenvalue weighted by molar-refractivity contribution is -0.137. The minimum atomic E-state index is -4.57. The third-order valence-corrected chi connectivity index (χ3v) is 4.67. The van der Waals surface area contributed by atoms with Crippen molar-refractivity contribution in [3.8, 4) is 0 Å². The molecule has 1 amide bonds. The summed E-state index contributed by atoms with van der Waals surface area (Å²) in [6.45, 7) is 0.448. The van der Waals surface area contributed by atoms with Crippen LogP contribution >= 0.6 is 11.8 Å². The molecule has 1 saturated heterocycles. The van der Waals surface area contributed by atoms with Crippen molar-refractivity contribution in [3.63, 3.8) is 0 Å². The Hall–Kier alpha value is -1.41. The van der Waals surface area contributed by atoms with E-state index in [9.17, 15) is 18.0 Å². The molecule has 1 fully saturated rings. The summed E-state index contributed by atoms with van der Waals surface area (Å²) >= 11 is 1.76. The van der Waals surface area contributed by atoms with Gasteiger partial charge < -0.3 is 10.7 Å². The maximum Gasteiger partial charge on any atom is 0.418 e. The van der Waals surface area contributed by atoms with Crippen LogP contribution in [0.25, 0.3) is 0 Å². The number of nitrogens with one attached hydrogen (secondary N) is 2. The standard InChI is InChI=1S/C13H16F3N3OS/c14-13(15,16)10-5-1-4-9(11(10)19-17)12(20)18-7-8-3-2-6-21-8/h1,4-5,8,19H,2-3,6-7,17H2,(H,18,20). The summed E-state index contributed by atoms with van der Waals surface area (Å²) in [6, 6.07) is 3.41. The maximum atomic E-state index is 12.9. The highest BCUT2D eigenvalue weighted by atomic mass is 32.2. The minimum absolute atomic E-state index is 0.102. The van der Waals surface area contributed by atoms with Crippen LogP contribution in [0.5, 0.6) is 0 Å². The molecule has 8 heteroatoms. The van der Waals surface area contributed by atoms with Gasteiger partial charge in [0.15, 0.2) is 0 Å². The first-order valence-electron chi connectivity index (χ1n) is 6.50. The predicted octanol–water partition coefficient (Wildman–Crippen LogP) is 2.62. The third-order valence-electron chi connectivity index (χ3n) is 3.27. The number of halogens is 3. The summed E-state index contributed by atoms with van der Waals surface area (Å²) in [5.41, 5.74) is 0.540. The Morgan fingerprint density at radius 3 is 2.76 bits per heavy atom. The Morgan fingerprint density at radius 1 is 1.43 bits per heavy atom. The van der Waals surface area contributed by atoms with Crippen LogP contribution < -0.4 is 16.6 Å². The molecule has 0 spiro atoms. The fourth-order valence-corrected chi connectivity index (χ4v) is 3.44. The van der Waals surface area contributed by atoms with E-state index < -0.39 is 23.3 Å². The lowest BCUT2D eigenvalue weighted by Crippen LogP contribution is -2.31. The molecule has 1 unspecified atom stereocenters. The summed E-state index contributed by atoms with van der Waals surface area (Å²) in [7, 11) is 0. The van der Waals surface area contributed by atoms with Gasteiger partial charge in [-0.05, 0) is 30.7 Å². The Labute approximate surface area is 124 Å². The van der Waals surface area contributed by atoms with Crippen LogP contribution in [-0.2, 0) is 6.18 Å². The van der Waals surface area contributed by atoms with Gasteiger partial charge in [-0.15, -0.1) is 0 Å². The normalized spacial score (nSPS) is 18.6. The van der Waals surface area contributed by atoms with E-state index in [0.29, 0.717) is 11.8 Å². The van der Waals surface area contributed by atoms with E-state index in [2.05, 4.69) is 5.32 Å². The van der Waals surface area contributed by atoms with Crippen LogP contribution in [0.4, 0.5) is 18.9 Å². The number of para-hydroxylation sites is 1. The van der Waals surface area contributed by atoms with Crippen LogP contribution in [-0.4, -0.2) is 23.5 Å². The number of hydrogen-bond acceptors (Lipinski definition) is 4. The van der Waals surface area contributed by atoms with E-state index in [0.717, 1.165) is 24.7 Å². The zero-order chi connectivity index (χ0) is 15.5. The van der Waals surface area contributed by atoms with Gasteiger partial charge in [0.25, 0.3) is 5.91 Å². The maximum absolute atomic E-state index is 12.9. The zero-order valence-electron chi connectivity index (χ0n) is 11.2. The van der Waals surface area contributed by atoms with Gasteiger partial charge in [0.05, 0.1) is 16.8 Å². The Balaban J connectivity index is 2.16. The van der Waals surface area contributed by atoms with E-state index >= 15 is 0 Å². The van der Waals surface area contributed by atoms with E-state index in [1.54, 1.807) is 11.8 Å². The number of nitrogens with two attached hydrogens (primary N) is 1. The van der Waals surface area contributed by atoms with Gasteiger partial charge >= 0.3 is 6.18 Å². The van der Waals surface area contributed by atoms with Gasteiger partial charge in [0, 0.05) is 11.8 Å². The van der Waals surface area contributed by atoms with E-state index in [1.807, 2.05) is 5.43 Å². The van der Waals surface area contributed by atoms with Crippen molar-refractivity contribution in [2.75, 3.05) is 17.7 Å². The number of carbonyl (C=O) groups is 1. The molecule has 0 bridgehead atoms. The number of benzene rings is 1. The highest BCUT2D eigenvalue weighted by Gasteiger charge is 2.35. The number of thioether (sulfide) groups is 1. The van der Waals surface area contributed by atoms with Crippen molar-refractivity contribution in [3.05, 3.63) is 29.3 Å². The number of hydrazine groups is 1. The van der Waals surface area contributed by atoms with Crippen molar-refractivity contribution in [1.82, 2.24) is 5.32 Å². The summed E-state index contributed by atoms with van der Waals surface area (Å²) in [5.74, 6) is 5.67. The molecule has 116 valence electrons. The summed E-state index contributed by atoms with van der Waals surface area (Å²) in [6.07, 6.45) is -2.46. The molecule has 2 rings (SSSR count). The molecule has 1 aliphatic rings. The van der Waals surface area contributed by atoms with E-state index in [-0.39, 0.29) is 5.56 Å². The van der Waals surface area contributed by atoms with Crippen LogP contribution in [0.1, 0.15) is 28.8 Å². The number of nitrogen functional groups attached to an aromatic ring is 1. The first-order chi connectivity index (χ1) is 9.93. The van der Waals surface area contributed by atoms with Crippen molar-refractivity contribution in [1.29, 1.82) is 0 Å². The molecule has 0 radical (unpaired) electrons. The summed E-state index contributed by atoms with van der Waals surface area (Å²) < 4.78 is 38.6. The zero-order valence-corrected chi connectivity index (χ0v) is 12.0. The second kappa shape index (κ2) is 6.57. The van der Waals surface area contributed by atoms with Gasteiger partial charge in [-0.1, -0.05) is 6.07 Å². The third kappa shape index (κ3) is 3.82. The van der Waals surface area contributed by atoms with Gasteiger partial charge in [-0.2, -0.15) is 24.9 Å². The lowest BCUT2D eigenvalue weighted by Gasteiger charge is -2.16. The molecule has 1 atom stereocenters. The average molecular weight is 319 g/mol. The number of hydrogen-bond donors (Lipinski definition) is 3. The molecule has 4 nitrogen and oxygen atoms in total. The van der Waals surface area contributed by atoms with E-state index in [1.165, 1.54) is 12.1 Å². The first kappa shape index (κ1) is 16.0. The minimum Gasteiger partial charge on any atom is -0.351 e. The lowest BCUT2D eigenvalue weighted by atomic mass is 10.1. The molecule has 0 aliphatic carbocycles. The van der Waals surface area contributed by atoms with Gasteiger partial charge in [0.2, 0.25) is 0 Å². The Bertz CT molecular complexity index is 516. The molecule has 0 saturated carbocycles. The van der Waals surface area contributed by atoms with Crippen LogP contribution in [0.2, 0.25) is 0 Å². The van der Waals surface area contributed by atoms with Crippen molar-refractivity contribution in [2.45, 2.75) is 24.3 Å². The van der Waals surface area contributed by atoms with Crippen LogP contribution in [0, 0.1) is 0 Å². The molecule has 1 aliphatic heterocycles. The molecule has 1 aromatic carbocycles. The highest BCUT2D eigenvalue weighted by Crippen LogP contribution is 2.36. The monoisotopic (exact) mass is 319 g/mol. The molecule has 1 aromatic rings. The second-order valence-corrected chi connectivity index (χ2v) is 6.12. The number of rotatable bonds is 4. The van der Waals surface area contributed by atoms with Crippen molar-refractivity contribution in [2.24, 2.45) is 5.84 Å². The van der Waals surface area contributed by atoms with Gasteiger partial charge in [0.1, 0.15) is 0 Å². The smallest absolute Gasteiger partial charge is 0.351 e.